The summed E-state index contributed by atoms with van der Waals surface area (Å²) in [6, 6.07) is 10.6. The number of carbonyl (C=O) groups is 1. The van der Waals surface area contributed by atoms with E-state index in [9.17, 15) is 4.79 Å². The quantitative estimate of drug-likeness (QED) is 0.604. The third-order valence-electron chi connectivity index (χ3n) is 3.68. The first-order valence-corrected chi connectivity index (χ1v) is 9.33. The zero-order chi connectivity index (χ0) is 19.0. The summed E-state index contributed by atoms with van der Waals surface area (Å²) in [4.78, 5) is 25.6. The van der Waals surface area contributed by atoms with Crippen molar-refractivity contribution in [2.45, 2.75) is 0 Å². The first-order valence-electron chi connectivity index (χ1n) is 7.75. The molecule has 134 valence electrons. The lowest BCUT2D eigenvalue weighted by Gasteiger charge is -2.01. The summed E-state index contributed by atoms with van der Waals surface area (Å²) in [5.74, 6) is 0.0898. The first kappa shape index (κ1) is 17.8. The van der Waals surface area contributed by atoms with E-state index >= 15 is 0 Å². The van der Waals surface area contributed by atoms with Gasteiger partial charge in [-0.05, 0) is 47.7 Å². The Kier molecular flexibility index (Phi) is 4.73. The minimum atomic E-state index is -0.249. The number of benzene rings is 2. The Morgan fingerprint density at radius 3 is 2.70 bits per heavy atom. The summed E-state index contributed by atoms with van der Waals surface area (Å²) >= 11 is 13.5. The second-order valence-corrected chi connectivity index (χ2v) is 7.44. The Labute approximate surface area is 168 Å². The molecule has 6 nitrogen and oxygen atoms in total. The number of para-hydroxylation sites is 1. The van der Waals surface area contributed by atoms with Crippen LogP contribution in [0.15, 0.2) is 52.5 Å². The Morgan fingerprint density at radius 1 is 1.15 bits per heavy atom. The highest BCUT2D eigenvalue weighted by atomic mass is 35.5. The normalized spacial score (nSPS) is 17.0. The SMILES string of the molecule is Nc1cnc2ccc(/C=C3\SC(=Nc4c(Cl)cccc4Cl)NC3=O)cc2n1. The maximum absolute atomic E-state index is 12.3. The summed E-state index contributed by atoms with van der Waals surface area (Å²) in [5, 5.41) is 3.94. The van der Waals surface area contributed by atoms with Crippen molar-refractivity contribution < 1.29 is 4.79 Å². The number of amides is 1. The molecule has 4 rings (SSSR count). The second kappa shape index (κ2) is 7.19. The van der Waals surface area contributed by atoms with Crippen molar-refractivity contribution in [2.24, 2.45) is 4.99 Å². The van der Waals surface area contributed by atoms with Crippen LogP contribution in [0.1, 0.15) is 5.56 Å². The lowest BCUT2D eigenvalue weighted by atomic mass is 10.2. The zero-order valence-electron chi connectivity index (χ0n) is 13.6. The number of nitrogens with two attached hydrogens (primary N) is 1. The standard InChI is InChI=1S/C18H11Cl2N5OS/c19-10-2-1-3-11(20)16(10)24-18-25-17(26)14(27-18)7-9-4-5-12-13(6-9)23-15(21)8-22-12/h1-8H,(H2,21,23)(H,24,25,26)/b14-7-. The minimum absolute atomic E-state index is 0.249. The molecule has 0 bridgehead atoms. The maximum atomic E-state index is 12.3. The van der Waals surface area contributed by atoms with Crippen LogP contribution >= 0.6 is 35.0 Å². The predicted octanol–water partition coefficient (Wildman–Crippen LogP) is 4.41. The van der Waals surface area contributed by atoms with E-state index in [1.165, 1.54) is 18.0 Å². The van der Waals surface area contributed by atoms with E-state index in [0.29, 0.717) is 37.1 Å². The number of nitrogens with one attached hydrogen (secondary N) is 1. The number of halogens is 2. The van der Waals surface area contributed by atoms with Crippen LogP contribution < -0.4 is 11.1 Å². The number of anilines is 1. The number of thioether (sulfide) groups is 1. The van der Waals surface area contributed by atoms with Gasteiger partial charge in [-0.15, -0.1) is 0 Å². The number of fused-ring (bicyclic) bond motifs is 1. The van der Waals surface area contributed by atoms with Gasteiger partial charge in [0.25, 0.3) is 5.91 Å². The number of hydrogen-bond acceptors (Lipinski definition) is 6. The molecule has 0 atom stereocenters. The predicted molar refractivity (Wildman–Crippen MR) is 111 cm³/mol. The van der Waals surface area contributed by atoms with Gasteiger partial charge in [-0.2, -0.15) is 0 Å². The van der Waals surface area contributed by atoms with Gasteiger partial charge in [0.2, 0.25) is 0 Å². The van der Waals surface area contributed by atoms with Crippen molar-refractivity contribution in [3.05, 3.63) is 63.1 Å². The average Bonchev–Trinajstić information content (AvgIpc) is 2.97. The van der Waals surface area contributed by atoms with Gasteiger partial charge in [-0.3, -0.25) is 9.78 Å². The Hall–Kier alpha value is -2.61. The number of carbonyl (C=O) groups excluding carboxylic acids is 1. The van der Waals surface area contributed by atoms with Crippen molar-refractivity contribution in [2.75, 3.05) is 5.73 Å². The topological polar surface area (TPSA) is 93.3 Å². The molecule has 2 aromatic carbocycles. The van der Waals surface area contributed by atoms with Gasteiger partial charge in [-0.1, -0.05) is 35.3 Å². The monoisotopic (exact) mass is 415 g/mol. The second-order valence-electron chi connectivity index (χ2n) is 5.60. The third kappa shape index (κ3) is 3.75. The van der Waals surface area contributed by atoms with Crippen LogP contribution in [0.5, 0.6) is 0 Å². The van der Waals surface area contributed by atoms with E-state index in [0.717, 1.165) is 11.1 Å². The summed E-state index contributed by atoms with van der Waals surface area (Å²) in [6.07, 6.45) is 3.25. The zero-order valence-corrected chi connectivity index (χ0v) is 15.9. The van der Waals surface area contributed by atoms with E-state index in [4.69, 9.17) is 28.9 Å². The molecular formula is C18H11Cl2N5OS. The van der Waals surface area contributed by atoms with Gasteiger partial charge < -0.3 is 11.1 Å². The third-order valence-corrected chi connectivity index (χ3v) is 5.20. The lowest BCUT2D eigenvalue weighted by Crippen LogP contribution is -2.19. The van der Waals surface area contributed by atoms with Crippen molar-refractivity contribution in [1.82, 2.24) is 15.3 Å². The van der Waals surface area contributed by atoms with E-state index in [1.807, 2.05) is 18.2 Å². The molecule has 0 spiro atoms. The maximum Gasteiger partial charge on any atom is 0.264 e. The van der Waals surface area contributed by atoms with Crippen LogP contribution in [0, 0.1) is 0 Å². The molecule has 1 aromatic heterocycles. The average molecular weight is 416 g/mol. The number of amidine groups is 1. The van der Waals surface area contributed by atoms with Gasteiger partial charge in [0, 0.05) is 0 Å². The van der Waals surface area contributed by atoms with Gasteiger partial charge in [0.15, 0.2) is 5.17 Å². The number of rotatable bonds is 2. The molecule has 1 amide bonds. The fourth-order valence-electron chi connectivity index (χ4n) is 2.46. The number of nitrogen functional groups attached to an aromatic ring is 1. The molecule has 9 heteroatoms. The first-order chi connectivity index (χ1) is 13.0. The molecule has 27 heavy (non-hydrogen) atoms. The van der Waals surface area contributed by atoms with Crippen LogP contribution in [0.25, 0.3) is 17.1 Å². The van der Waals surface area contributed by atoms with E-state index in [-0.39, 0.29) is 5.91 Å². The molecule has 1 fully saturated rings. The van der Waals surface area contributed by atoms with Crippen LogP contribution in [0.3, 0.4) is 0 Å². The Balaban J connectivity index is 1.65. The van der Waals surface area contributed by atoms with E-state index in [2.05, 4.69) is 20.3 Å². The van der Waals surface area contributed by atoms with Gasteiger partial charge in [0.05, 0.1) is 32.2 Å². The molecule has 2 heterocycles. The highest BCUT2D eigenvalue weighted by Gasteiger charge is 2.24. The van der Waals surface area contributed by atoms with Crippen molar-refractivity contribution in [1.29, 1.82) is 0 Å². The molecule has 3 aromatic rings. The summed E-state index contributed by atoms with van der Waals surface area (Å²) in [5.41, 5.74) is 8.29. The summed E-state index contributed by atoms with van der Waals surface area (Å²) in [6.45, 7) is 0. The van der Waals surface area contributed by atoms with Gasteiger partial charge in [-0.25, -0.2) is 9.98 Å². The summed E-state index contributed by atoms with van der Waals surface area (Å²) < 4.78 is 0. The number of hydrogen-bond donors (Lipinski definition) is 2. The fourth-order valence-corrected chi connectivity index (χ4v) is 3.77. The van der Waals surface area contributed by atoms with Crippen LogP contribution in [-0.4, -0.2) is 21.0 Å². The minimum Gasteiger partial charge on any atom is -0.382 e. The van der Waals surface area contributed by atoms with Gasteiger partial charge >= 0.3 is 0 Å². The number of aliphatic imine (C=N–C) groups is 1. The smallest absolute Gasteiger partial charge is 0.264 e. The summed E-state index contributed by atoms with van der Waals surface area (Å²) in [7, 11) is 0. The number of nitrogens with zero attached hydrogens (tertiary/aromatic N) is 3. The highest BCUT2D eigenvalue weighted by molar-refractivity contribution is 8.18. The van der Waals surface area contributed by atoms with Crippen LogP contribution in [0.4, 0.5) is 11.5 Å². The highest BCUT2D eigenvalue weighted by Crippen LogP contribution is 2.35. The van der Waals surface area contributed by atoms with E-state index in [1.54, 1.807) is 24.3 Å². The molecule has 3 N–H and O–H groups in total. The lowest BCUT2D eigenvalue weighted by molar-refractivity contribution is -0.115. The number of aromatic nitrogens is 2. The molecule has 0 aliphatic carbocycles. The molecular weight excluding hydrogens is 405 g/mol. The van der Waals surface area contributed by atoms with Gasteiger partial charge in [0.1, 0.15) is 11.5 Å². The van der Waals surface area contributed by atoms with Crippen LogP contribution in [0.2, 0.25) is 10.0 Å². The molecule has 1 saturated heterocycles. The van der Waals surface area contributed by atoms with Crippen molar-refractivity contribution in [3.8, 4) is 0 Å². The molecule has 0 unspecified atom stereocenters. The molecule has 1 aliphatic heterocycles. The Bertz CT molecular complexity index is 1130. The largest absolute Gasteiger partial charge is 0.382 e. The fraction of sp³-hybridized carbons (Fsp3) is 0. The van der Waals surface area contributed by atoms with Crippen molar-refractivity contribution >= 4 is 74.7 Å². The van der Waals surface area contributed by atoms with Crippen LogP contribution in [-0.2, 0) is 4.79 Å². The molecule has 0 radical (unpaired) electrons. The van der Waals surface area contributed by atoms with Crippen molar-refractivity contribution in [3.63, 3.8) is 0 Å². The van der Waals surface area contributed by atoms with E-state index < -0.39 is 0 Å². The Morgan fingerprint density at radius 2 is 1.93 bits per heavy atom. The molecule has 0 saturated carbocycles. The molecule has 1 aliphatic rings.